The zero-order valence-corrected chi connectivity index (χ0v) is 14.0. The fourth-order valence-electron chi connectivity index (χ4n) is 2.31. The van der Waals surface area contributed by atoms with Gasteiger partial charge in [0.15, 0.2) is 0 Å². The molecule has 1 aromatic heterocycles. The lowest BCUT2D eigenvalue weighted by atomic mass is 10.2. The van der Waals surface area contributed by atoms with E-state index in [1.165, 1.54) is 6.08 Å². The van der Waals surface area contributed by atoms with Gasteiger partial charge in [-0.05, 0) is 29.3 Å². The first-order chi connectivity index (χ1) is 13.0. The summed E-state index contributed by atoms with van der Waals surface area (Å²) >= 11 is 0. The molecule has 1 heterocycles. The Hall–Kier alpha value is -3.94. The number of nitro groups is 1. The van der Waals surface area contributed by atoms with Crippen molar-refractivity contribution < 1.29 is 14.8 Å². The van der Waals surface area contributed by atoms with E-state index < -0.39 is 22.0 Å². The molecule has 0 aliphatic carbocycles. The molecule has 0 unspecified atom stereocenters. The van der Waals surface area contributed by atoms with E-state index in [0.717, 1.165) is 11.1 Å². The molecule has 0 atom stereocenters. The highest BCUT2D eigenvalue weighted by Gasteiger charge is 2.21. The number of benzene rings is 2. The van der Waals surface area contributed by atoms with Crippen molar-refractivity contribution in [2.24, 2.45) is 0 Å². The summed E-state index contributed by atoms with van der Waals surface area (Å²) in [5.41, 5.74) is -0.138. The minimum Gasteiger partial charge on any atom is -0.489 e. The lowest BCUT2D eigenvalue weighted by Crippen LogP contribution is -2.14. The first-order valence-electron chi connectivity index (χ1n) is 7.95. The molecule has 0 saturated heterocycles. The minimum atomic E-state index is -1.02. The van der Waals surface area contributed by atoms with E-state index in [2.05, 4.69) is 9.97 Å². The molecule has 0 aliphatic heterocycles. The van der Waals surface area contributed by atoms with Crippen molar-refractivity contribution in [2.45, 2.75) is 6.61 Å². The second-order valence-electron chi connectivity index (χ2n) is 5.56. The third kappa shape index (κ3) is 4.57. The predicted molar refractivity (Wildman–Crippen MR) is 99.3 cm³/mol. The van der Waals surface area contributed by atoms with Crippen LogP contribution in [0.3, 0.4) is 0 Å². The molecular formula is C19H15N3O5. The van der Waals surface area contributed by atoms with Crippen molar-refractivity contribution >= 4 is 17.8 Å². The average Bonchev–Trinajstić information content (AvgIpc) is 2.65. The average molecular weight is 365 g/mol. The highest BCUT2D eigenvalue weighted by atomic mass is 16.6. The van der Waals surface area contributed by atoms with Gasteiger partial charge in [-0.1, -0.05) is 48.5 Å². The summed E-state index contributed by atoms with van der Waals surface area (Å²) in [5.74, 6) is -0.212. The highest BCUT2D eigenvalue weighted by molar-refractivity contribution is 5.67. The smallest absolute Gasteiger partial charge is 0.395 e. The van der Waals surface area contributed by atoms with Crippen molar-refractivity contribution in [2.75, 3.05) is 0 Å². The van der Waals surface area contributed by atoms with E-state index in [0.29, 0.717) is 12.4 Å². The van der Waals surface area contributed by atoms with Gasteiger partial charge in [0.2, 0.25) is 0 Å². The first kappa shape index (κ1) is 17.9. The van der Waals surface area contributed by atoms with Gasteiger partial charge < -0.3 is 14.8 Å². The van der Waals surface area contributed by atoms with Crippen LogP contribution in [-0.4, -0.2) is 20.0 Å². The zero-order chi connectivity index (χ0) is 19.2. The van der Waals surface area contributed by atoms with Crippen LogP contribution in [0, 0.1) is 10.1 Å². The first-order valence-corrected chi connectivity index (χ1v) is 7.95. The Bertz CT molecular complexity index is 1030. The second-order valence-corrected chi connectivity index (χ2v) is 5.56. The largest absolute Gasteiger partial charge is 0.489 e. The van der Waals surface area contributed by atoms with Crippen LogP contribution in [0.4, 0.5) is 5.69 Å². The molecule has 27 heavy (non-hydrogen) atoms. The van der Waals surface area contributed by atoms with Gasteiger partial charge in [-0.3, -0.25) is 14.9 Å². The van der Waals surface area contributed by atoms with Crippen LogP contribution in [0.2, 0.25) is 0 Å². The third-order valence-corrected chi connectivity index (χ3v) is 3.64. The Balaban J connectivity index is 1.67. The summed E-state index contributed by atoms with van der Waals surface area (Å²) in [7, 11) is 0. The predicted octanol–water partition coefficient (Wildman–Crippen LogP) is 3.13. The van der Waals surface area contributed by atoms with E-state index in [-0.39, 0.29) is 5.82 Å². The number of aromatic amines is 1. The number of nitrogens with zero attached hydrogens (tertiary/aromatic N) is 2. The molecule has 0 bridgehead atoms. The number of ether oxygens (including phenoxy) is 1. The fourth-order valence-corrected chi connectivity index (χ4v) is 2.31. The van der Waals surface area contributed by atoms with E-state index in [9.17, 15) is 20.0 Å². The molecule has 0 spiro atoms. The molecule has 2 aromatic carbocycles. The van der Waals surface area contributed by atoms with Crippen LogP contribution in [0.5, 0.6) is 11.6 Å². The second kappa shape index (κ2) is 7.96. The number of hydrogen-bond donors (Lipinski definition) is 2. The molecule has 3 aromatic rings. The van der Waals surface area contributed by atoms with Gasteiger partial charge in [-0.2, -0.15) is 4.98 Å². The quantitative estimate of drug-likeness (QED) is 0.512. The lowest BCUT2D eigenvalue weighted by Gasteiger charge is -2.06. The number of nitrogens with one attached hydrogen (secondary N) is 1. The Morgan fingerprint density at radius 2 is 1.81 bits per heavy atom. The summed E-state index contributed by atoms with van der Waals surface area (Å²) in [6, 6.07) is 17.0. The molecule has 3 rings (SSSR count). The number of rotatable bonds is 6. The van der Waals surface area contributed by atoms with Gasteiger partial charge in [0.1, 0.15) is 18.2 Å². The van der Waals surface area contributed by atoms with Crippen LogP contribution in [0.1, 0.15) is 17.0 Å². The van der Waals surface area contributed by atoms with Gasteiger partial charge in [0.25, 0.3) is 5.88 Å². The summed E-state index contributed by atoms with van der Waals surface area (Å²) in [6.45, 7) is 0.462. The van der Waals surface area contributed by atoms with Crippen molar-refractivity contribution in [3.63, 3.8) is 0 Å². The van der Waals surface area contributed by atoms with Crippen molar-refractivity contribution in [3.8, 4) is 11.6 Å². The SMILES string of the molecule is O=c1[nH]c(/C=C\c2ccc(OCc3ccccc3)cc2)nc(O)c1[N+](=O)[O-]. The molecule has 8 nitrogen and oxygen atoms in total. The number of aromatic nitrogens is 2. The molecule has 2 N–H and O–H groups in total. The molecule has 8 heteroatoms. The molecule has 0 amide bonds. The lowest BCUT2D eigenvalue weighted by molar-refractivity contribution is -0.387. The van der Waals surface area contributed by atoms with Crippen LogP contribution >= 0.6 is 0 Å². The topological polar surface area (TPSA) is 118 Å². The molecular weight excluding hydrogens is 350 g/mol. The van der Waals surface area contributed by atoms with Crippen molar-refractivity contribution in [3.05, 3.63) is 92.0 Å². The highest BCUT2D eigenvalue weighted by Crippen LogP contribution is 2.18. The summed E-state index contributed by atoms with van der Waals surface area (Å²) < 4.78 is 5.70. The summed E-state index contributed by atoms with van der Waals surface area (Å²) in [5, 5.41) is 20.2. The van der Waals surface area contributed by atoms with Crippen LogP contribution in [-0.2, 0) is 6.61 Å². The van der Waals surface area contributed by atoms with Crippen LogP contribution < -0.4 is 10.3 Å². The van der Waals surface area contributed by atoms with Gasteiger partial charge in [-0.15, -0.1) is 0 Å². The Morgan fingerprint density at radius 1 is 1.11 bits per heavy atom. The number of aromatic hydroxyl groups is 1. The maximum absolute atomic E-state index is 11.6. The maximum Gasteiger partial charge on any atom is 0.395 e. The van der Waals surface area contributed by atoms with Crippen LogP contribution in [0.25, 0.3) is 12.2 Å². The standard InChI is InChI=1S/C19H15N3O5/c23-18-17(22(25)26)19(24)21-16(20-18)11-8-13-6-9-15(10-7-13)27-12-14-4-2-1-3-5-14/h1-11H,12H2,(H2,20,21,23,24)/b11-8-. The van der Waals surface area contributed by atoms with Gasteiger partial charge >= 0.3 is 11.2 Å². The van der Waals surface area contributed by atoms with Gasteiger partial charge in [-0.25, -0.2) is 0 Å². The summed E-state index contributed by atoms with van der Waals surface area (Å²) in [4.78, 5) is 27.1. The van der Waals surface area contributed by atoms with E-state index in [1.54, 1.807) is 30.3 Å². The zero-order valence-electron chi connectivity index (χ0n) is 14.0. The third-order valence-electron chi connectivity index (χ3n) is 3.64. The normalized spacial score (nSPS) is 10.8. The van der Waals surface area contributed by atoms with Crippen molar-refractivity contribution in [1.82, 2.24) is 9.97 Å². The van der Waals surface area contributed by atoms with Crippen molar-refractivity contribution in [1.29, 1.82) is 0 Å². The van der Waals surface area contributed by atoms with Gasteiger partial charge in [0.05, 0.1) is 4.92 Å². The Morgan fingerprint density at radius 3 is 2.44 bits per heavy atom. The number of H-pyrrole nitrogens is 1. The summed E-state index contributed by atoms with van der Waals surface area (Å²) in [6.07, 6.45) is 3.08. The van der Waals surface area contributed by atoms with E-state index >= 15 is 0 Å². The maximum atomic E-state index is 11.6. The fraction of sp³-hybridized carbons (Fsp3) is 0.0526. The Labute approximate surface area is 153 Å². The van der Waals surface area contributed by atoms with Crippen LogP contribution in [0.15, 0.2) is 59.4 Å². The van der Waals surface area contributed by atoms with Gasteiger partial charge in [0, 0.05) is 0 Å². The molecule has 0 radical (unpaired) electrons. The van der Waals surface area contributed by atoms with E-state index in [4.69, 9.17) is 4.74 Å². The minimum absolute atomic E-state index is 0.00695. The molecule has 0 saturated carbocycles. The molecule has 136 valence electrons. The molecule has 0 aliphatic rings. The monoisotopic (exact) mass is 365 g/mol. The number of hydrogen-bond acceptors (Lipinski definition) is 6. The molecule has 0 fully saturated rings. The Kier molecular flexibility index (Phi) is 5.27. The van der Waals surface area contributed by atoms with E-state index in [1.807, 2.05) is 30.3 Å².